The van der Waals surface area contributed by atoms with Crippen LogP contribution in [0, 0.1) is 0 Å². The van der Waals surface area contributed by atoms with Gasteiger partial charge in [0.1, 0.15) is 0 Å². The van der Waals surface area contributed by atoms with Gasteiger partial charge >= 0.3 is 0 Å². The summed E-state index contributed by atoms with van der Waals surface area (Å²) in [5.74, 6) is 0.574. The van der Waals surface area contributed by atoms with E-state index in [1.54, 1.807) is 29.1 Å². The van der Waals surface area contributed by atoms with Gasteiger partial charge in [0.25, 0.3) is 0 Å². The molecule has 0 aliphatic heterocycles. The van der Waals surface area contributed by atoms with Gasteiger partial charge in [-0.2, -0.15) is 0 Å². The predicted octanol–water partition coefficient (Wildman–Crippen LogP) is 4.13. The minimum atomic E-state index is 0.124. The summed E-state index contributed by atoms with van der Waals surface area (Å²) in [5.41, 5.74) is 2.51. The van der Waals surface area contributed by atoms with E-state index in [-0.39, 0.29) is 11.3 Å². The van der Waals surface area contributed by atoms with Crippen LogP contribution in [-0.2, 0) is 16.8 Å². The third-order valence-electron chi connectivity index (χ3n) is 3.65. The molecule has 0 bridgehead atoms. The molecule has 2 aromatic rings. The molecule has 2 rings (SSSR count). The van der Waals surface area contributed by atoms with Crippen LogP contribution in [0.2, 0.25) is 0 Å². The summed E-state index contributed by atoms with van der Waals surface area (Å²) < 4.78 is 0. The van der Waals surface area contributed by atoms with E-state index in [9.17, 15) is 4.79 Å². The van der Waals surface area contributed by atoms with Crippen LogP contribution in [-0.4, -0.2) is 28.6 Å². The molecule has 0 aliphatic rings. The van der Waals surface area contributed by atoms with Crippen LogP contribution in [0.4, 0.5) is 0 Å². The maximum absolute atomic E-state index is 12.2. The van der Waals surface area contributed by atoms with Crippen molar-refractivity contribution >= 4 is 17.7 Å². The number of carbonyl (C=O) groups excluding carboxylic acids is 1. The Kier molecular flexibility index (Phi) is 5.83. The molecule has 0 saturated carbocycles. The number of aromatic nitrogens is 1. The van der Waals surface area contributed by atoms with E-state index in [0.29, 0.717) is 12.3 Å². The maximum atomic E-state index is 12.2. The molecule has 0 atom stereocenters. The van der Waals surface area contributed by atoms with E-state index in [0.717, 1.165) is 10.5 Å². The van der Waals surface area contributed by atoms with Crippen molar-refractivity contribution in [2.45, 2.75) is 37.6 Å². The van der Waals surface area contributed by atoms with Crippen molar-refractivity contribution in [1.82, 2.24) is 9.88 Å². The molecular formula is C19H24N2OS. The van der Waals surface area contributed by atoms with E-state index in [2.05, 4.69) is 50.0 Å². The number of hydrogen-bond donors (Lipinski definition) is 0. The van der Waals surface area contributed by atoms with Crippen LogP contribution in [0.1, 0.15) is 31.9 Å². The van der Waals surface area contributed by atoms with Gasteiger partial charge < -0.3 is 4.90 Å². The predicted molar refractivity (Wildman–Crippen MR) is 96.6 cm³/mol. The Morgan fingerprint density at radius 2 is 1.87 bits per heavy atom. The van der Waals surface area contributed by atoms with Crippen molar-refractivity contribution in [1.29, 1.82) is 0 Å². The Balaban J connectivity index is 1.86. The summed E-state index contributed by atoms with van der Waals surface area (Å²) in [7, 11) is 1.83. The molecule has 0 spiro atoms. The van der Waals surface area contributed by atoms with Crippen molar-refractivity contribution in [2.75, 3.05) is 12.8 Å². The van der Waals surface area contributed by atoms with E-state index in [1.165, 1.54) is 5.56 Å². The zero-order valence-corrected chi connectivity index (χ0v) is 15.1. The zero-order chi connectivity index (χ0) is 16.9. The van der Waals surface area contributed by atoms with Crippen molar-refractivity contribution in [3.63, 3.8) is 0 Å². The Morgan fingerprint density at radius 3 is 2.43 bits per heavy atom. The Labute approximate surface area is 143 Å². The van der Waals surface area contributed by atoms with Gasteiger partial charge in [-0.05, 0) is 34.7 Å². The van der Waals surface area contributed by atoms with Gasteiger partial charge in [-0.25, -0.2) is 0 Å². The molecule has 0 unspecified atom stereocenters. The topological polar surface area (TPSA) is 33.2 Å². The third-order valence-corrected chi connectivity index (χ3v) is 4.65. The molecule has 23 heavy (non-hydrogen) atoms. The molecule has 1 aromatic heterocycles. The Hall–Kier alpha value is -1.81. The molecule has 0 fully saturated rings. The first-order valence-electron chi connectivity index (χ1n) is 7.72. The summed E-state index contributed by atoms with van der Waals surface area (Å²) in [5, 5.41) is 0. The fourth-order valence-corrected chi connectivity index (χ4v) is 3.00. The van der Waals surface area contributed by atoms with Crippen molar-refractivity contribution in [3.8, 4) is 0 Å². The summed E-state index contributed by atoms with van der Waals surface area (Å²) in [6, 6.07) is 12.4. The highest BCUT2D eigenvalue weighted by atomic mass is 32.2. The lowest BCUT2D eigenvalue weighted by atomic mass is 9.87. The number of hydrogen-bond acceptors (Lipinski definition) is 3. The first-order valence-corrected chi connectivity index (χ1v) is 8.71. The molecule has 122 valence electrons. The molecule has 0 saturated heterocycles. The summed E-state index contributed by atoms with van der Waals surface area (Å²) >= 11 is 1.58. The standard InChI is InChI=1S/C19H24N2OS/c1-19(2,3)16-7-9-17(10-8-16)23-14-18(22)21(4)13-15-6-5-11-20-12-15/h5-12H,13-14H2,1-4H3. The van der Waals surface area contributed by atoms with E-state index in [4.69, 9.17) is 0 Å². The van der Waals surface area contributed by atoms with Crippen molar-refractivity contribution < 1.29 is 4.79 Å². The molecule has 3 nitrogen and oxygen atoms in total. The summed E-state index contributed by atoms with van der Waals surface area (Å²) in [6.45, 7) is 7.19. The third kappa shape index (κ3) is 5.39. The fourth-order valence-electron chi connectivity index (χ4n) is 2.16. The molecule has 0 radical (unpaired) electrons. The molecule has 4 heteroatoms. The maximum Gasteiger partial charge on any atom is 0.232 e. The van der Waals surface area contributed by atoms with Gasteiger partial charge in [0.15, 0.2) is 0 Å². The average molecular weight is 328 g/mol. The molecule has 0 N–H and O–H groups in total. The normalized spacial score (nSPS) is 11.3. The van der Waals surface area contributed by atoms with Crippen molar-refractivity contribution in [3.05, 3.63) is 59.9 Å². The lowest BCUT2D eigenvalue weighted by Gasteiger charge is -2.19. The number of amides is 1. The van der Waals surface area contributed by atoms with Crippen LogP contribution in [0.15, 0.2) is 53.7 Å². The van der Waals surface area contributed by atoms with E-state index >= 15 is 0 Å². The zero-order valence-electron chi connectivity index (χ0n) is 14.2. The van der Waals surface area contributed by atoms with Gasteiger partial charge in [-0.15, -0.1) is 11.8 Å². The van der Waals surface area contributed by atoms with Crippen LogP contribution >= 0.6 is 11.8 Å². The fraction of sp³-hybridized carbons (Fsp3) is 0.368. The minimum Gasteiger partial charge on any atom is -0.341 e. The van der Waals surface area contributed by atoms with Gasteiger partial charge in [0, 0.05) is 30.9 Å². The van der Waals surface area contributed by atoms with E-state index < -0.39 is 0 Å². The van der Waals surface area contributed by atoms with Gasteiger partial charge in [0.05, 0.1) is 5.75 Å². The van der Waals surface area contributed by atoms with Crippen LogP contribution in [0.5, 0.6) is 0 Å². The summed E-state index contributed by atoms with van der Waals surface area (Å²) in [4.78, 5) is 19.2. The smallest absolute Gasteiger partial charge is 0.232 e. The first kappa shape index (κ1) is 17.5. The highest BCUT2D eigenvalue weighted by molar-refractivity contribution is 8.00. The largest absolute Gasteiger partial charge is 0.341 e. The Bertz CT molecular complexity index is 633. The number of rotatable bonds is 5. The number of carbonyl (C=O) groups is 1. The Morgan fingerprint density at radius 1 is 1.17 bits per heavy atom. The highest BCUT2D eigenvalue weighted by Crippen LogP contribution is 2.25. The van der Waals surface area contributed by atoms with Crippen molar-refractivity contribution in [2.24, 2.45) is 0 Å². The average Bonchev–Trinajstić information content (AvgIpc) is 2.53. The molecular weight excluding hydrogens is 304 g/mol. The summed E-state index contributed by atoms with van der Waals surface area (Å²) in [6.07, 6.45) is 3.53. The lowest BCUT2D eigenvalue weighted by molar-refractivity contribution is -0.127. The lowest BCUT2D eigenvalue weighted by Crippen LogP contribution is -2.27. The number of thioether (sulfide) groups is 1. The SMILES string of the molecule is CN(Cc1cccnc1)C(=O)CSc1ccc(C(C)(C)C)cc1. The van der Waals surface area contributed by atoms with Crippen LogP contribution in [0.25, 0.3) is 0 Å². The molecule has 0 aliphatic carbocycles. The van der Waals surface area contributed by atoms with E-state index in [1.807, 2.05) is 19.2 Å². The van der Waals surface area contributed by atoms with Gasteiger partial charge in [-0.1, -0.05) is 39.0 Å². The van der Waals surface area contributed by atoms with Crippen LogP contribution in [0.3, 0.4) is 0 Å². The minimum absolute atomic E-state index is 0.124. The highest BCUT2D eigenvalue weighted by Gasteiger charge is 2.14. The number of pyridine rings is 1. The second-order valence-electron chi connectivity index (χ2n) is 6.67. The van der Waals surface area contributed by atoms with Gasteiger partial charge in [-0.3, -0.25) is 9.78 Å². The number of nitrogens with zero attached hydrogens (tertiary/aromatic N) is 2. The monoisotopic (exact) mass is 328 g/mol. The van der Waals surface area contributed by atoms with Crippen LogP contribution < -0.4 is 0 Å². The first-order chi connectivity index (χ1) is 10.9. The second-order valence-corrected chi connectivity index (χ2v) is 7.72. The quantitative estimate of drug-likeness (QED) is 0.774. The second kappa shape index (κ2) is 7.64. The molecule has 1 heterocycles. The van der Waals surface area contributed by atoms with Gasteiger partial charge in [0.2, 0.25) is 5.91 Å². The molecule has 1 amide bonds. The number of benzene rings is 1. The molecule has 1 aromatic carbocycles.